The van der Waals surface area contributed by atoms with Crippen molar-refractivity contribution in [2.75, 3.05) is 10.6 Å². The second-order valence-corrected chi connectivity index (χ2v) is 4.63. The molecule has 1 aromatic carbocycles. The molecule has 0 heterocycles. The molecule has 0 bridgehead atoms. The topological polar surface area (TPSA) is 84.2 Å². The number of anilines is 2. The Kier molecular flexibility index (Phi) is 5.51. The predicted molar refractivity (Wildman–Crippen MR) is 77.0 cm³/mol. The van der Waals surface area contributed by atoms with Gasteiger partial charge in [-0.3, -0.25) is 9.59 Å². The monoisotopic (exact) mass is 263 g/mol. The molecular formula is C14H21N3O2. The van der Waals surface area contributed by atoms with Gasteiger partial charge in [0.15, 0.2) is 0 Å². The Morgan fingerprint density at radius 3 is 2.58 bits per heavy atom. The van der Waals surface area contributed by atoms with E-state index in [-0.39, 0.29) is 17.9 Å². The summed E-state index contributed by atoms with van der Waals surface area (Å²) in [5, 5.41) is 5.50. The van der Waals surface area contributed by atoms with Crippen LogP contribution in [0.4, 0.5) is 11.4 Å². The molecule has 0 radical (unpaired) electrons. The molecule has 1 rings (SSSR count). The van der Waals surface area contributed by atoms with Gasteiger partial charge in [-0.2, -0.15) is 0 Å². The van der Waals surface area contributed by atoms with Crippen molar-refractivity contribution >= 4 is 23.2 Å². The molecule has 1 atom stereocenters. The van der Waals surface area contributed by atoms with Crippen molar-refractivity contribution in [3.8, 4) is 0 Å². The summed E-state index contributed by atoms with van der Waals surface area (Å²) in [4.78, 5) is 22.8. The minimum Gasteiger partial charge on any atom is -0.327 e. The highest BCUT2D eigenvalue weighted by molar-refractivity contribution is 5.94. The first kappa shape index (κ1) is 15.2. The van der Waals surface area contributed by atoms with Gasteiger partial charge in [0, 0.05) is 30.8 Å². The van der Waals surface area contributed by atoms with E-state index in [2.05, 4.69) is 10.6 Å². The van der Waals surface area contributed by atoms with E-state index in [4.69, 9.17) is 5.73 Å². The highest BCUT2D eigenvalue weighted by atomic mass is 16.2. The molecule has 4 N–H and O–H groups in total. The quantitative estimate of drug-likeness (QED) is 0.759. The molecule has 0 spiro atoms. The number of hydrogen-bond donors (Lipinski definition) is 3. The first-order valence-electron chi connectivity index (χ1n) is 6.36. The second-order valence-electron chi connectivity index (χ2n) is 4.63. The molecular weight excluding hydrogens is 242 g/mol. The summed E-state index contributed by atoms with van der Waals surface area (Å²) in [5.74, 6) is -0.258. The van der Waals surface area contributed by atoms with E-state index < -0.39 is 0 Å². The summed E-state index contributed by atoms with van der Waals surface area (Å²) in [6.45, 7) is 5.28. The number of benzene rings is 1. The third-order valence-electron chi connectivity index (χ3n) is 2.80. The lowest BCUT2D eigenvalue weighted by Gasteiger charge is -2.13. The largest absolute Gasteiger partial charge is 0.327 e. The Bertz CT molecular complexity index is 472. The van der Waals surface area contributed by atoms with Gasteiger partial charge in [0.05, 0.1) is 0 Å². The van der Waals surface area contributed by atoms with Crippen LogP contribution in [0.25, 0.3) is 0 Å². The van der Waals surface area contributed by atoms with Gasteiger partial charge in [0.25, 0.3) is 0 Å². The fourth-order valence-corrected chi connectivity index (χ4v) is 1.62. The molecule has 0 saturated carbocycles. The zero-order valence-corrected chi connectivity index (χ0v) is 11.6. The number of carbonyl (C=O) groups is 2. The maximum absolute atomic E-state index is 11.8. The Hall–Kier alpha value is -1.88. The van der Waals surface area contributed by atoms with Crippen LogP contribution in [-0.2, 0) is 9.59 Å². The van der Waals surface area contributed by atoms with Gasteiger partial charge in [-0.15, -0.1) is 0 Å². The normalized spacial score (nSPS) is 11.8. The van der Waals surface area contributed by atoms with Crippen LogP contribution in [0.3, 0.4) is 0 Å². The maximum Gasteiger partial charge on any atom is 0.225 e. The fraction of sp³-hybridized carbons (Fsp3) is 0.429. The molecule has 0 saturated heterocycles. The number of nitrogens with two attached hydrogens (primary N) is 1. The Morgan fingerprint density at radius 2 is 2.00 bits per heavy atom. The number of nitrogens with one attached hydrogen (secondary N) is 2. The number of amides is 2. The van der Waals surface area contributed by atoms with Crippen LogP contribution < -0.4 is 16.4 Å². The summed E-state index contributed by atoms with van der Waals surface area (Å²) >= 11 is 0. The van der Waals surface area contributed by atoms with Gasteiger partial charge in [0.2, 0.25) is 11.8 Å². The van der Waals surface area contributed by atoms with Crippen molar-refractivity contribution in [3.63, 3.8) is 0 Å². The van der Waals surface area contributed by atoms with E-state index in [0.29, 0.717) is 17.8 Å². The molecule has 0 aliphatic carbocycles. The van der Waals surface area contributed by atoms with Gasteiger partial charge in [-0.05, 0) is 31.0 Å². The van der Waals surface area contributed by atoms with Crippen molar-refractivity contribution in [2.24, 2.45) is 5.73 Å². The highest BCUT2D eigenvalue weighted by Crippen LogP contribution is 2.20. The molecule has 5 heteroatoms. The Balaban J connectivity index is 2.76. The van der Waals surface area contributed by atoms with Crippen LogP contribution in [0, 0.1) is 6.92 Å². The molecule has 0 fully saturated rings. The minimum atomic E-state index is -0.144. The molecule has 0 aromatic heterocycles. The van der Waals surface area contributed by atoms with Gasteiger partial charge in [0.1, 0.15) is 0 Å². The first-order valence-corrected chi connectivity index (χ1v) is 6.36. The lowest BCUT2D eigenvalue weighted by atomic mass is 10.1. The summed E-state index contributed by atoms with van der Waals surface area (Å²) in [6, 6.07) is 5.26. The van der Waals surface area contributed by atoms with E-state index in [1.54, 1.807) is 12.1 Å². The Morgan fingerprint density at radius 1 is 1.32 bits per heavy atom. The van der Waals surface area contributed by atoms with E-state index in [1.165, 1.54) is 6.92 Å². The van der Waals surface area contributed by atoms with Gasteiger partial charge >= 0.3 is 0 Å². The van der Waals surface area contributed by atoms with E-state index >= 15 is 0 Å². The molecule has 0 aliphatic heterocycles. The summed E-state index contributed by atoms with van der Waals surface area (Å²) in [6.07, 6.45) is 1.05. The van der Waals surface area contributed by atoms with E-state index in [9.17, 15) is 9.59 Å². The standard InChI is InChI=1S/C14H21N3O2/c1-4-11(15)7-14(19)17-13-8-12(16-10(3)18)6-5-9(13)2/h5-6,8,11H,4,7,15H2,1-3H3,(H,16,18)(H,17,19). The van der Waals surface area contributed by atoms with Crippen LogP contribution in [0.15, 0.2) is 18.2 Å². The average Bonchev–Trinajstić information content (AvgIpc) is 2.32. The lowest BCUT2D eigenvalue weighted by molar-refractivity contribution is -0.116. The number of hydrogen-bond acceptors (Lipinski definition) is 3. The number of carbonyl (C=O) groups excluding carboxylic acids is 2. The molecule has 0 aliphatic rings. The van der Waals surface area contributed by atoms with E-state index in [1.807, 2.05) is 19.9 Å². The van der Waals surface area contributed by atoms with Crippen molar-refractivity contribution in [1.29, 1.82) is 0 Å². The maximum atomic E-state index is 11.8. The van der Waals surface area contributed by atoms with Gasteiger partial charge < -0.3 is 16.4 Å². The second kappa shape index (κ2) is 6.89. The van der Waals surface area contributed by atoms with Gasteiger partial charge in [-0.25, -0.2) is 0 Å². The first-order chi connectivity index (χ1) is 8.92. The summed E-state index contributed by atoms with van der Waals surface area (Å²) in [7, 11) is 0. The highest BCUT2D eigenvalue weighted by Gasteiger charge is 2.10. The summed E-state index contributed by atoms with van der Waals surface area (Å²) in [5.41, 5.74) is 8.04. The zero-order chi connectivity index (χ0) is 14.4. The van der Waals surface area contributed by atoms with Crippen molar-refractivity contribution in [1.82, 2.24) is 0 Å². The average molecular weight is 263 g/mol. The number of aryl methyl sites for hydroxylation is 1. The zero-order valence-electron chi connectivity index (χ0n) is 11.6. The molecule has 5 nitrogen and oxygen atoms in total. The molecule has 2 amide bonds. The fourth-order valence-electron chi connectivity index (χ4n) is 1.62. The third-order valence-corrected chi connectivity index (χ3v) is 2.80. The van der Waals surface area contributed by atoms with Gasteiger partial charge in [-0.1, -0.05) is 13.0 Å². The van der Waals surface area contributed by atoms with Crippen LogP contribution in [0.5, 0.6) is 0 Å². The SMILES string of the molecule is CCC(N)CC(=O)Nc1cc(NC(C)=O)ccc1C. The minimum absolute atomic E-state index is 0.113. The Labute approximate surface area is 113 Å². The molecule has 104 valence electrons. The van der Waals surface area contributed by atoms with Crippen LogP contribution in [-0.4, -0.2) is 17.9 Å². The third kappa shape index (κ3) is 5.09. The number of rotatable bonds is 5. The predicted octanol–water partition coefficient (Wildman–Crippen LogP) is 2.02. The van der Waals surface area contributed by atoms with Crippen molar-refractivity contribution < 1.29 is 9.59 Å². The molecule has 1 aromatic rings. The summed E-state index contributed by atoms with van der Waals surface area (Å²) < 4.78 is 0. The van der Waals surface area contributed by atoms with Crippen LogP contribution in [0.2, 0.25) is 0 Å². The van der Waals surface area contributed by atoms with E-state index in [0.717, 1.165) is 12.0 Å². The lowest BCUT2D eigenvalue weighted by Crippen LogP contribution is -2.26. The smallest absolute Gasteiger partial charge is 0.225 e. The van der Waals surface area contributed by atoms with Crippen molar-refractivity contribution in [2.45, 2.75) is 39.7 Å². The molecule has 1 unspecified atom stereocenters. The van der Waals surface area contributed by atoms with Crippen LogP contribution in [0.1, 0.15) is 32.3 Å². The van der Waals surface area contributed by atoms with Crippen LogP contribution >= 0.6 is 0 Å². The van der Waals surface area contributed by atoms with Crippen molar-refractivity contribution in [3.05, 3.63) is 23.8 Å². The molecule has 19 heavy (non-hydrogen) atoms.